The van der Waals surface area contributed by atoms with E-state index in [1.807, 2.05) is 62.5 Å². The molecule has 2 rings (SSSR count). The molecule has 0 aliphatic carbocycles. The lowest BCUT2D eigenvalue weighted by atomic mass is 10.1. The average Bonchev–Trinajstić information content (AvgIpc) is 2.52. The van der Waals surface area contributed by atoms with Gasteiger partial charge in [0.15, 0.2) is 0 Å². The molecule has 0 aromatic heterocycles. The molecule has 0 bridgehead atoms. The Morgan fingerprint density at radius 3 is 2.48 bits per heavy atom. The number of hydrogen-bond donors (Lipinski definition) is 1. The fourth-order valence-corrected chi connectivity index (χ4v) is 3.59. The monoisotopic (exact) mass is 303 g/mol. The first-order valence-electron chi connectivity index (χ1n) is 6.90. The van der Waals surface area contributed by atoms with Crippen molar-refractivity contribution in [2.24, 2.45) is 0 Å². The number of rotatable bonds is 6. The molecule has 3 nitrogen and oxygen atoms in total. The van der Waals surface area contributed by atoms with E-state index in [2.05, 4.69) is 5.32 Å². The van der Waals surface area contributed by atoms with Crippen LogP contribution in [0.2, 0.25) is 0 Å². The molecule has 4 heteroatoms. The number of benzene rings is 2. The fraction of sp³-hybridized carbons (Fsp3) is 0.294. The molecule has 2 unspecified atom stereocenters. The summed E-state index contributed by atoms with van der Waals surface area (Å²) in [4.78, 5) is 0.878. The van der Waals surface area contributed by atoms with Gasteiger partial charge in [-0.05, 0) is 49.4 Å². The van der Waals surface area contributed by atoms with Crippen LogP contribution < -0.4 is 10.1 Å². The molecule has 2 aromatic carbocycles. The highest BCUT2D eigenvalue weighted by molar-refractivity contribution is 7.85. The molecule has 1 N–H and O–H groups in total. The van der Waals surface area contributed by atoms with Gasteiger partial charge in [0.2, 0.25) is 0 Å². The Balaban J connectivity index is 2.12. The Bertz CT molecular complexity index is 610. The molecule has 0 radical (unpaired) electrons. The third-order valence-electron chi connectivity index (χ3n) is 3.44. The third-order valence-corrected chi connectivity index (χ3v) is 4.85. The summed E-state index contributed by atoms with van der Waals surface area (Å²) < 4.78 is 17.7. The van der Waals surface area contributed by atoms with Gasteiger partial charge in [-0.15, -0.1) is 0 Å². The zero-order valence-electron chi connectivity index (χ0n) is 12.6. The second kappa shape index (κ2) is 7.38. The van der Waals surface area contributed by atoms with Crippen LogP contribution in [0.1, 0.15) is 17.2 Å². The van der Waals surface area contributed by atoms with Gasteiger partial charge in [0.05, 0.1) is 17.9 Å². The van der Waals surface area contributed by atoms with Crippen LogP contribution in [0.25, 0.3) is 0 Å². The van der Waals surface area contributed by atoms with Gasteiger partial charge in [0.25, 0.3) is 0 Å². The minimum absolute atomic E-state index is 0.0530. The Hall–Kier alpha value is -1.65. The summed E-state index contributed by atoms with van der Waals surface area (Å²) in [6.07, 6.45) is 0. The molecule has 0 saturated heterocycles. The van der Waals surface area contributed by atoms with Crippen LogP contribution in [0, 0.1) is 6.92 Å². The topological polar surface area (TPSA) is 38.3 Å². The fourth-order valence-electron chi connectivity index (χ4n) is 2.19. The molecule has 0 spiro atoms. The SMILES string of the molecule is CNC(CS(=O)c1cccc(C)c1)c1ccc(OC)cc1. The van der Waals surface area contributed by atoms with E-state index in [0.29, 0.717) is 5.75 Å². The van der Waals surface area contributed by atoms with Crippen LogP contribution in [0.15, 0.2) is 53.4 Å². The predicted octanol–water partition coefficient (Wildman–Crippen LogP) is 3.07. The van der Waals surface area contributed by atoms with Crippen molar-refractivity contribution in [3.8, 4) is 5.75 Å². The Kier molecular flexibility index (Phi) is 5.53. The van der Waals surface area contributed by atoms with E-state index >= 15 is 0 Å². The standard InChI is InChI=1S/C17H21NO2S/c1-13-5-4-6-16(11-13)21(19)12-17(18-2)14-7-9-15(20-3)10-8-14/h4-11,17-18H,12H2,1-3H3. The quantitative estimate of drug-likeness (QED) is 0.891. The van der Waals surface area contributed by atoms with Gasteiger partial charge >= 0.3 is 0 Å². The van der Waals surface area contributed by atoms with Crippen LogP contribution >= 0.6 is 0 Å². The molecular weight excluding hydrogens is 282 g/mol. The number of hydrogen-bond acceptors (Lipinski definition) is 3. The van der Waals surface area contributed by atoms with E-state index in [-0.39, 0.29) is 6.04 Å². The minimum Gasteiger partial charge on any atom is -0.497 e. The van der Waals surface area contributed by atoms with Crippen LogP contribution in [0.4, 0.5) is 0 Å². The number of ether oxygens (including phenoxy) is 1. The lowest BCUT2D eigenvalue weighted by Crippen LogP contribution is -2.22. The van der Waals surface area contributed by atoms with Crippen molar-refractivity contribution in [1.29, 1.82) is 0 Å². The third kappa shape index (κ3) is 4.16. The molecule has 112 valence electrons. The van der Waals surface area contributed by atoms with Crippen molar-refractivity contribution < 1.29 is 8.95 Å². The van der Waals surface area contributed by atoms with Crippen molar-refractivity contribution in [2.45, 2.75) is 17.9 Å². The Morgan fingerprint density at radius 1 is 1.19 bits per heavy atom. The summed E-state index contributed by atoms with van der Waals surface area (Å²) in [5, 5.41) is 3.24. The summed E-state index contributed by atoms with van der Waals surface area (Å²) in [6, 6.07) is 15.8. The van der Waals surface area contributed by atoms with Crippen LogP contribution in [0.3, 0.4) is 0 Å². The Morgan fingerprint density at radius 2 is 1.90 bits per heavy atom. The van der Waals surface area contributed by atoms with Gasteiger partial charge < -0.3 is 10.1 Å². The van der Waals surface area contributed by atoms with Gasteiger partial charge in [0, 0.05) is 16.7 Å². The first-order chi connectivity index (χ1) is 10.1. The number of nitrogens with one attached hydrogen (secondary N) is 1. The maximum absolute atomic E-state index is 12.5. The van der Waals surface area contributed by atoms with Crippen molar-refractivity contribution in [3.63, 3.8) is 0 Å². The first-order valence-corrected chi connectivity index (χ1v) is 8.22. The molecule has 0 saturated carbocycles. The second-order valence-electron chi connectivity index (χ2n) is 4.94. The summed E-state index contributed by atoms with van der Waals surface area (Å²) in [6.45, 7) is 2.01. The van der Waals surface area contributed by atoms with E-state index in [1.165, 1.54) is 0 Å². The van der Waals surface area contributed by atoms with Crippen molar-refractivity contribution in [3.05, 3.63) is 59.7 Å². The number of methoxy groups -OCH3 is 1. The molecule has 21 heavy (non-hydrogen) atoms. The molecular formula is C17H21NO2S. The van der Waals surface area contributed by atoms with Gasteiger partial charge in [-0.2, -0.15) is 0 Å². The largest absolute Gasteiger partial charge is 0.497 e. The van der Waals surface area contributed by atoms with E-state index in [0.717, 1.165) is 21.8 Å². The summed E-state index contributed by atoms with van der Waals surface area (Å²) in [7, 11) is 2.52. The van der Waals surface area contributed by atoms with Crippen molar-refractivity contribution in [1.82, 2.24) is 5.32 Å². The summed E-state index contributed by atoms with van der Waals surface area (Å²) >= 11 is 0. The molecule has 0 fully saturated rings. The highest BCUT2D eigenvalue weighted by Gasteiger charge is 2.14. The lowest BCUT2D eigenvalue weighted by molar-refractivity contribution is 0.414. The second-order valence-corrected chi connectivity index (χ2v) is 6.44. The maximum Gasteiger partial charge on any atom is 0.118 e. The van der Waals surface area contributed by atoms with Crippen molar-refractivity contribution >= 4 is 10.8 Å². The highest BCUT2D eigenvalue weighted by Crippen LogP contribution is 2.20. The number of aryl methyl sites for hydroxylation is 1. The first kappa shape index (κ1) is 15.7. The lowest BCUT2D eigenvalue weighted by Gasteiger charge is -2.17. The van der Waals surface area contributed by atoms with Crippen LogP contribution in [0.5, 0.6) is 5.75 Å². The molecule has 0 heterocycles. The maximum atomic E-state index is 12.5. The van der Waals surface area contributed by atoms with Gasteiger partial charge in [-0.1, -0.05) is 24.3 Å². The Labute approximate surface area is 128 Å². The summed E-state index contributed by atoms with van der Waals surface area (Å²) in [5.41, 5.74) is 2.24. The van der Waals surface area contributed by atoms with Crippen LogP contribution in [-0.4, -0.2) is 24.1 Å². The molecule has 2 aromatic rings. The van der Waals surface area contributed by atoms with Gasteiger partial charge in [-0.25, -0.2) is 0 Å². The normalized spacial score (nSPS) is 13.7. The van der Waals surface area contributed by atoms with E-state index in [9.17, 15) is 4.21 Å². The highest BCUT2D eigenvalue weighted by atomic mass is 32.2. The van der Waals surface area contributed by atoms with E-state index < -0.39 is 10.8 Å². The minimum atomic E-state index is -1.03. The molecule has 0 amide bonds. The zero-order valence-corrected chi connectivity index (χ0v) is 13.4. The summed E-state index contributed by atoms with van der Waals surface area (Å²) in [5.74, 6) is 1.38. The predicted molar refractivity (Wildman–Crippen MR) is 87.2 cm³/mol. The van der Waals surface area contributed by atoms with E-state index in [1.54, 1.807) is 7.11 Å². The zero-order chi connectivity index (χ0) is 15.2. The smallest absolute Gasteiger partial charge is 0.118 e. The molecule has 0 aliphatic heterocycles. The van der Waals surface area contributed by atoms with Crippen LogP contribution in [-0.2, 0) is 10.8 Å². The average molecular weight is 303 g/mol. The van der Waals surface area contributed by atoms with Gasteiger partial charge in [0.1, 0.15) is 5.75 Å². The van der Waals surface area contributed by atoms with Gasteiger partial charge in [-0.3, -0.25) is 4.21 Å². The molecule has 0 aliphatic rings. The van der Waals surface area contributed by atoms with Crippen molar-refractivity contribution in [2.75, 3.05) is 19.9 Å². The van der Waals surface area contributed by atoms with E-state index in [4.69, 9.17) is 4.74 Å². The molecule has 2 atom stereocenters.